The lowest BCUT2D eigenvalue weighted by atomic mass is 9.29. The van der Waals surface area contributed by atoms with Gasteiger partial charge in [-0.1, -0.05) is 179 Å². The van der Waals surface area contributed by atoms with Crippen molar-refractivity contribution < 1.29 is 0 Å². The maximum Gasteiger partial charge on any atom is 0.252 e. The number of fused-ring (bicyclic) bond motifs is 13. The Labute approximate surface area is 475 Å². The van der Waals surface area contributed by atoms with Crippen LogP contribution in [-0.2, 0) is 32.5 Å². The van der Waals surface area contributed by atoms with Crippen LogP contribution in [0.5, 0.6) is 0 Å². The van der Waals surface area contributed by atoms with Gasteiger partial charge in [0, 0.05) is 65.6 Å². The lowest BCUT2D eigenvalue weighted by molar-refractivity contribution is 0.590. The maximum absolute atomic E-state index is 2.86. The minimum atomic E-state index is -0.0967. The molecule has 8 aromatic carbocycles. The molecule has 11 aromatic rings. The van der Waals surface area contributed by atoms with Crippen LogP contribution in [0.1, 0.15) is 175 Å². The molecule has 0 bridgehead atoms. The van der Waals surface area contributed by atoms with Gasteiger partial charge < -0.3 is 13.7 Å². The van der Waals surface area contributed by atoms with E-state index in [0.29, 0.717) is 0 Å². The van der Waals surface area contributed by atoms with Crippen LogP contribution in [0.15, 0.2) is 97.1 Å². The Balaban J connectivity index is 1.30. The summed E-state index contributed by atoms with van der Waals surface area (Å²) in [6.45, 7) is 50.4. The van der Waals surface area contributed by atoms with Crippen molar-refractivity contribution in [2.75, 3.05) is 0 Å². The number of hydrogen-bond acceptors (Lipinski definition) is 0. The number of benzene rings is 8. The molecule has 0 saturated heterocycles. The van der Waals surface area contributed by atoms with Crippen molar-refractivity contribution >= 4 is 112 Å². The number of aromatic nitrogens is 3. The first-order valence-corrected chi connectivity index (χ1v) is 30.0. The van der Waals surface area contributed by atoms with Crippen molar-refractivity contribution in [2.45, 2.75) is 178 Å². The van der Waals surface area contributed by atoms with Gasteiger partial charge in [-0.25, -0.2) is 0 Å². The molecule has 0 unspecified atom stereocenters. The van der Waals surface area contributed by atoms with E-state index in [2.05, 4.69) is 256 Å². The van der Waals surface area contributed by atoms with Crippen molar-refractivity contribution in [3.05, 3.63) is 147 Å². The second-order valence-corrected chi connectivity index (χ2v) is 31.7. The molecule has 0 aliphatic carbocycles. The van der Waals surface area contributed by atoms with Gasteiger partial charge in [-0.05, 0) is 185 Å². The smallest absolute Gasteiger partial charge is 0.252 e. The third-order valence-corrected chi connectivity index (χ3v) is 19.9. The van der Waals surface area contributed by atoms with Crippen molar-refractivity contribution in [3.8, 4) is 28.2 Å². The fourth-order valence-electron chi connectivity index (χ4n) is 15.7. The van der Waals surface area contributed by atoms with Crippen LogP contribution in [0.4, 0.5) is 0 Å². The predicted molar refractivity (Wildman–Crippen MR) is 351 cm³/mol. The van der Waals surface area contributed by atoms with Gasteiger partial charge in [0.25, 0.3) is 13.4 Å². The average Bonchev–Trinajstić information content (AvgIpc) is 4.10. The Hall–Kier alpha value is -6.71. The highest BCUT2D eigenvalue weighted by molar-refractivity contribution is 7.04. The van der Waals surface area contributed by atoms with Crippen LogP contribution < -0.4 is 32.8 Å². The molecule has 7 heterocycles. The number of aryl methyl sites for hydroxylation is 3. The zero-order valence-corrected chi connectivity index (χ0v) is 51.7. The molecule has 80 heavy (non-hydrogen) atoms. The Morgan fingerprint density at radius 1 is 0.287 bits per heavy atom. The van der Waals surface area contributed by atoms with Crippen molar-refractivity contribution in [1.29, 1.82) is 0 Å². The van der Waals surface area contributed by atoms with E-state index in [0.717, 1.165) is 0 Å². The first-order valence-electron chi connectivity index (χ1n) is 30.0. The van der Waals surface area contributed by atoms with Gasteiger partial charge in [-0.3, -0.25) is 0 Å². The fraction of sp³-hybridized carbons (Fsp3) is 0.360. The first kappa shape index (κ1) is 50.3. The van der Waals surface area contributed by atoms with Gasteiger partial charge in [-0.2, -0.15) is 0 Å². The second kappa shape index (κ2) is 15.0. The third-order valence-electron chi connectivity index (χ3n) is 19.9. The minimum Gasteiger partial charge on any atom is -0.311 e. The Morgan fingerprint density at radius 3 is 0.887 bits per heavy atom. The monoisotopic (exact) mass is 1040 g/mol. The molecular formula is C75H79B2N3. The van der Waals surface area contributed by atoms with E-state index < -0.39 is 0 Å². The highest BCUT2D eigenvalue weighted by atomic mass is 15.1. The molecule has 0 amide bonds. The summed E-state index contributed by atoms with van der Waals surface area (Å²) in [6, 6.07) is 41.1. The molecule has 0 N–H and O–H groups in total. The highest BCUT2D eigenvalue weighted by Crippen LogP contribution is 2.51. The molecular weight excluding hydrogens is 964 g/mol. The molecule has 15 rings (SSSR count). The van der Waals surface area contributed by atoms with E-state index in [-0.39, 0.29) is 45.9 Å². The molecule has 0 fully saturated rings. The molecule has 0 atom stereocenters. The van der Waals surface area contributed by atoms with Crippen molar-refractivity contribution in [3.63, 3.8) is 0 Å². The topological polar surface area (TPSA) is 14.8 Å². The van der Waals surface area contributed by atoms with Gasteiger partial charge in [-0.15, -0.1) is 0 Å². The Morgan fingerprint density at radius 2 is 0.575 bits per heavy atom. The average molecular weight is 1040 g/mol. The number of hydrogen-bond donors (Lipinski definition) is 0. The summed E-state index contributed by atoms with van der Waals surface area (Å²) in [5.41, 5.74) is 35.4. The molecule has 3 nitrogen and oxygen atoms in total. The number of nitrogens with zero attached hydrogens (tertiary/aromatic N) is 3. The van der Waals surface area contributed by atoms with Crippen LogP contribution >= 0.6 is 0 Å². The molecule has 0 saturated carbocycles. The van der Waals surface area contributed by atoms with Gasteiger partial charge in [0.2, 0.25) is 0 Å². The molecule has 0 spiro atoms. The van der Waals surface area contributed by atoms with E-state index in [1.54, 1.807) is 0 Å². The summed E-state index contributed by atoms with van der Waals surface area (Å²) in [7, 11) is 0. The second-order valence-electron chi connectivity index (χ2n) is 31.7. The summed E-state index contributed by atoms with van der Waals surface area (Å²) in [5.74, 6) is 0. The highest BCUT2D eigenvalue weighted by Gasteiger charge is 2.52. The van der Waals surface area contributed by atoms with Crippen LogP contribution in [0.3, 0.4) is 0 Å². The molecule has 5 heteroatoms. The maximum atomic E-state index is 2.86. The molecule has 4 aliphatic heterocycles. The van der Waals surface area contributed by atoms with Gasteiger partial charge in [0.15, 0.2) is 0 Å². The fourth-order valence-corrected chi connectivity index (χ4v) is 15.7. The zero-order chi connectivity index (χ0) is 56.7. The van der Waals surface area contributed by atoms with Gasteiger partial charge >= 0.3 is 0 Å². The van der Waals surface area contributed by atoms with Gasteiger partial charge in [0.1, 0.15) is 0 Å². The standard InChI is InChI=1S/C75H79B2N3/c1-38-26-39(2)59(40(3)27-38)60-67-61-69-62-68(60)79-58-25-23-42(71(7,8)9)29-48(58)50-31-44(73(13,14)15)35-54(64(50)79)77(62)56-37-46(75(19,20)21)33-52-51-32-45(74(16,17)18)36-55(65(51)80(69)66(52)56)76(61)53-34-43(72(10,11)12)30-49-47-28-41(70(4,5)6)22-24-57(47)78(67)63(49)53/h22-37H,1-21H3. The summed E-state index contributed by atoms with van der Waals surface area (Å²) in [4.78, 5) is 0. The SMILES string of the molecule is Cc1cc(C)c(-c2c3c4c5c6c2-n2c7ccc(C(C)(C)C)cc7c7cc(C(C)(C)C)cc(c72)B6c2cc(C(C)(C)C)cc6c7cc(C(C)(C)C)cc(c7n-5c26)B4c2cc(C(C)(C)C)cc4c5cc(C(C)(C)C)ccc5n-3c24)c(C)c1. The largest absolute Gasteiger partial charge is 0.311 e. The van der Waals surface area contributed by atoms with E-state index in [1.807, 2.05) is 0 Å². The van der Waals surface area contributed by atoms with E-state index in [1.165, 1.54) is 176 Å². The van der Waals surface area contributed by atoms with E-state index in [4.69, 9.17) is 0 Å². The Kier molecular flexibility index (Phi) is 9.45. The molecule has 3 aromatic heterocycles. The van der Waals surface area contributed by atoms with Crippen molar-refractivity contribution in [2.24, 2.45) is 0 Å². The molecule has 0 radical (unpaired) electrons. The van der Waals surface area contributed by atoms with Crippen LogP contribution in [0.25, 0.3) is 93.6 Å². The Bertz CT molecular complexity index is 4440. The minimum absolute atomic E-state index is 0.0295. The van der Waals surface area contributed by atoms with E-state index >= 15 is 0 Å². The summed E-state index contributed by atoms with van der Waals surface area (Å²) >= 11 is 0. The number of rotatable bonds is 1. The predicted octanol–water partition coefficient (Wildman–Crippen LogP) is 15.6. The molecule has 4 aliphatic rings. The van der Waals surface area contributed by atoms with Gasteiger partial charge in [0.05, 0.1) is 22.4 Å². The lowest BCUT2D eigenvalue weighted by Gasteiger charge is -2.43. The van der Waals surface area contributed by atoms with Crippen LogP contribution in [0, 0.1) is 20.8 Å². The van der Waals surface area contributed by atoms with E-state index in [9.17, 15) is 0 Å². The normalized spacial score (nSPS) is 14.8. The lowest BCUT2D eigenvalue weighted by Crippen LogP contribution is -2.67. The summed E-state index contributed by atoms with van der Waals surface area (Å²) in [5, 5.41) is 8.19. The summed E-state index contributed by atoms with van der Waals surface area (Å²) < 4.78 is 8.49. The van der Waals surface area contributed by atoms with Crippen LogP contribution in [-0.4, -0.2) is 27.1 Å². The molecule has 400 valence electrons. The van der Waals surface area contributed by atoms with Crippen molar-refractivity contribution in [1.82, 2.24) is 13.7 Å². The summed E-state index contributed by atoms with van der Waals surface area (Å²) in [6.07, 6.45) is 0. The van der Waals surface area contributed by atoms with Crippen LogP contribution in [0.2, 0.25) is 0 Å². The quantitative estimate of drug-likeness (QED) is 0.146. The third kappa shape index (κ3) is 6.36. The zero-order valence-electron chi connectivity index (χ0n) is 51.7. The first-order chi connectivity index (χ1) is 37.2.